The maximum absolute atomic E-state index is 10.2. The Bertz CT molecular complexity index is 581. The van der Waals surface area contributed by atoms with E-state index in [9.17, 15) is 5.11 Å². The summed E-state index contributed by atoms with van der Waals surface area (Å²) in [5.41, 5.74) is 1.55. The van der Waals surface area contributed by atoms with Crippen molar-refractivity contribution in [3.05, 3.63) is 67.1 Å². The van der Waals surface area contributed by atoms with Crippen LogP contribution in [0.15, 0.2) is 40.9 Å². The number of hydrogen-bond acceptors (Lipinski definition) is 1. The molecule has 0 aliphatic heterocycles. The van der Waals surface area contributed by atoms with E-state index in [0.717, 1.165) is 10.0 Å². The molecule has 1 N–H and O–H groups in total. The third kappa shape index (κ3) is 4.11. The fourth-order valence-corrected chi connectivity index (χ4v) is 3.07. The van der Waals surface area contributed by atoms with Crippen LogP contribution < -0.4 is 0 Å². The van der Waals surface area contributed by atoms with E-state index in [-0.39, 0.29) is 0 Å². The summed E-state index contributed by atoms with van der Waals surface area (Å²) in [4.78, 5) is 0. The SMILES string of the molecule is OC(Cc1ccc(Br)cc1Cl)c1cc(Cl)cc(Cl)c1. The molecule has 0 aliphatic carbocycles. The molecule has 0 bridgehead atoms. The second-order valence-electron chi connectivity index (χ2n) is 4.16. The molecule has 0 saturated carbocycles. The fraction of sp³-hybridized carbons (Fsp3) is 0.143. The van der Waals surface area contributed by atoms with Gasteiger partial charge in [-0.1, -0.05) is 56.8 Å². The van der Waals surface area contributed by atoms with Gasteiger partial charge in [-0.25, -0.2) is 0 Å². The highest BCUT2D eigenvalue weighted by molar-refractivity contribution is 9.10. The summed E-state index contributed by atoms with van der Waals surface area (Å²) >= 11 is 21.3. The minimum absolute atomic E-state index is 0.406. The lowest BCUT2D eigenvalue weighted by Gasteiger charge is -2.13. The lowest BCUT2D eigenvalue weighted by molar-refractivity contribution is 0.178. The van der Waals surface area contributed by atoms with Gasteiger partial charge in [0.05, 0.1) is 6.10 Å². The second-order valence-corrected chi connectivity index (χ2v) is 6.35. The summed E-state index contributed by atoms with van der Waals surface area (Å²) in [5.74, 6) is 0. The molecule has 2 aromatic rings. The first kappa shape index (κ1) is 15.1. The van der Waals surface area contributed by atoms with Crippen LogP contribution >= 0.6 is 50.7 Å². The fourth-order valence-electron chi connectivity index (χ4n) is 1.78. The van der Waals surface area contributed by atoms with Gasteiger partial charge in [-0.2, -0.15) is 0 Å². The number of aliphatic hydroxyl groups excluding tert-OH is 1. The van der Waals surface area contributed by atoms with Crippen LogP contribution in [0.1, 0.15) is 17.2 Å². The van der Waals surface area contributed by atoms with E-state index in [0.29, 0.717) is 27.1 Å². The van der Waals surface area contributed by atoms with Crippen molar-refractivity contribution in [2.45, 2.75) is 12.5 Å². The van der Waals surface area contributed by atoms with Crippen molar-refractivity contribution in [1.82, 2.24) is 0 Å². The molecule has 0 fully saturated rings. The third-order valence-electron chi connectivity index (χ3n) is 2.70. The first-order valence-electron chi connectivity index (χ1n) is 5.53. The summed E-state index contributed by atoms with van der Waals surface area (Å²) in [5, 5.41) is 11.8. The minimum atomic E-state index is -0.699. The van der Waals surface area contributed by atoms with E-state index in [1.807, 2.05) is 12.1 Å². The second kappa shape index (κ2) is 6.47. The van der Waals surface area contributed by atoms with Crippen LogP contribution in [0, 0.1) is 0 Å². The Balaban J connectivity index is 2.22. The molecule has 0 heterocycles. The number of halogens is 4. The largest absolute Gasteiger partial charge is 0.388 e. The number of hydrogen-bond donors (Lipinski definition) is 1. The first-order chi connectivity index (χ1) is 8.95. The maximum atomic E-state index is 10.2. The zero-order chi connectivity index (χ0) is 14.0. The molecule has 100 valence electrons. The van der Waals surface area contributed by atoms with Crippen molar-refractivity contribution in [2.75, 3.05) is 0 Å². The molecule has 5 heteroatoms. The Morgan fingerprint density at radius 3 is 2.21 bits per heavy atom. The number of aliphatic hydroxyl groups is 1. The van der Waals surface area contributed by atoms with Gasteiger partial charge in [-0.15, -0.1) is 0 Å². The standard InChI is InChI=1S/C14H10BrCl3O/c15-10-2-1-8(13(18)6-10)5-14(19)9-3-11(16)7-12(17)4-9/h1-4,6-7,14,19H,5H2. The van der Waals surface area contributed by atoms with Crippen LogP contribution in [-0.2, 0) is 6.42 Å². The van der Waals surface area contributed by atoms with Gasteiger partial charge >= 0.3 is 0 Å². The molecule has 19 heavy (non-hydrogen) atoms. The quantitative estimate of drug-likeness (QED) is 0.726. The van der Waals surface area contributed by atoms with Crippen LogP contribution in [0.4, 0.5) is 0 Å². The molecule has 1 atom stereocenters. The molecule has 0 amide bonds. The predicted octanol–water partition coefficient (Wildman–Crippen LogP) is 5.69. The molecular formula is C14H10BrCl3O. The average Bonchev–Trinajstić information content (AvgIpc) is 2.31. The van der Waals surface area contributed by atoms with Crippen LogP contribution in [0.2, 0.25) is 15.1 Å². The molecule has 1 nitrogen and oxygen atoms in total. The molecule has 2 aromatic carbocycles. The third-order valence-corrected chi connectivity index (χ3v) is 3.98. The Hall–Kier alpha value is -0.250. The van der Waals surface area contributed by atoms with Gasteiger partial charge < -0.3 is 5.11 Å². The maximum Gasteiger partial charge on any atom is 0.0831 e. The van der Waals surface area contributed by atoms with E-state index in [2.05, 4.69) is 15.9 Å². The summed E-state index contributed by atoms with van der Waals surface area (Å²) < 4.78 is 0.904. The molecule has 0 spiro atoms. The number of rotatable bonds is 3. The minimum Gasteiger partial charge on any atom is -0.388 e. The number of benzene rings is 2. The normalized spacial score (nSPS) is 12.5. The van der Waals surface area contributed by atoms with Gasteiger partial charge in [-0.3, -0.25) is 0 Å². The Labute approximate surface area is 135 Å². The molecule has 2 rings (SSSR count). The first-order valence-corrected chi connectivity index (χ1v) is 7.46. The van der Waals surface area contributed by atoms with Gasteiger partial charge in [0, 0.05) is 26.0 Å². The predicted molar refractivity (Wildman–Crippen MR) is 84.3 cm³/mol. The summed E-state index contributed by atoms with van der Waals surface area (Å²) in [6, 6.07) is 10.6. The molecule has 0 aliphatic rings. The zero-order valence-electron chi connectivity index (χ0n) is 9.71. The van der Waals surface area contributed by atoms with Crippen molar-refractivity contribution in [3.63, 3.8) is 0 Å². The summed E-state index contributed by atoms with van der Waals surface area (Å²) in [6.45, 7) is 0. The van der Waals surface area contributed by atoms with Gasteiger partial charge in [0.15, 0.2) is 0 Å². The highest BCUT2D eigenvalue weighted by Crippen LogP contribution is 2.29. The van der Waals surface area contributed by atoms with E-state index < -0.39 is 6.10 Å². The Morgan fingerprint density at radius 2 is 1.63 bits per heavy atom. The molecule has 1 unspecified atom stereocenters. The highest BCUT2D eigenvalue weighted by atomic mass is 79.9. The topological polar surface area (TPSA) is 20.2 Å². The average molecular weight is 380 g/mol. The Kier molecular flexibility index (Phi) is 5.15. The lowest BCUT2D eigenvalue weighted by atomic mass is 10.0. The van der Waals surface area contributed by atoms with Crippen LogP contribution in [0.5, 0.6) is 0 Å². The van der Waals surface area contributed by atoms with Crippen molar-refractivity contribution in [2.24, 2.45) is 0 Å². The van der Waals surface area contributed by atoms with E-state index >= 15 is 0 Å². The van der Waals surface area contributed by atoms with Crippen molar-refractivity contribution in [3.8, 4) is 0 Å². The Morgan fingerprint density at radius 1 is 1.00 bits per heavy atom. The van der Waals surface area contributed by atoms with Crippen LogP contribution in [0.25, 0.3) is 0 Å². The van der Waals surface area contributed by atoms with Gasteiger partial charge in [0.25, 0.3) is 0 Å². The highest BCUT2D eigenvalue weighted by Gasteiger charge is 2.12. The molecule has 0 aromatic heterocycles. The van der Waals surface area contributed by atoms with Crippen molar-refractivity contribution < 1.29 is 5.11 Å². The van der Waals surface area contributed by atoms with E-state index in [1.54, 1.807) is 24.3 Å². The van der Waals surface area contributed by atoms with Gasteiger partial charge in [0.2, 0.25) is 0 Å². The van der Waals surface area contributed by atoms with E-state index in [1.165, 1.54) is 0 Å². The summed E-state index contributed by atoms with van der Waals surface area (Å²) in [6.07, 6.45) is -0.294. The van der Waals surface area contributed by atoms with Crippen molar-refractivity contribution >= 4 is 50.7 Å². The molecule has 0 radical (unpaired) electrons. The van der Waals surface area contributed by atoms with Crippen LogP contribution in [-0.4, -0.2) is 5.11 Å². The summed E-state index contributed by atoms with van der Waals surface area (Å²) in [7, 11) is 0. The van der Waals surface area contributed by atoms with Gasteiger partial charge in [0.1, 0.15) is 0 Å². The van der Waals surface area contributed by atoms with E-state index in [4.69, 9.17) is 34.8 Å². The molecule has 0 saturated heterocycles. The van der Waals surface area contributed by atoms with Crippen molar-refractivity contribution in [1.29, 1.82) is 0 Å². The zero-order valence-corrected chi connectivity index (χ0v) is 13.6. The smallest absolute Gasteiger partial charge is 0.0831 e. The lowest BCUT2D eigenvalue weighted by Crippen LogP contribution is -2.02. The monoisotopic (exact) mass is 378 g/mol. The van der Waals surface area contributed by atoms with Crippen LogP contribution in [0.3, 0.4) is 0 Å². The molecular weight excluding hydrogens is 370 g/mol. The van der Waals surface area contributed by atoms with Gasteiger partial charge in [-0.05, 0) is 41.5 Å².